The second-order valence-corrected chi connectivity index (χ2v) is 4.83. The number of carboxylic acid groups (broad SMARTS) is 2. The number of carboxylic acids is 2. The second-order valence-electron chi connectivity index (χ2n) is 4.83. The Labute approximate surface area is 121 Å². The third kappa shape index (κ3) is 3.28. The normalized spacial score (nSPS) is 20.8. The average Bonchev–Trinajstić information content (AvgIpc) is 2.47. The van der Waals surface area contributed by atoms with Crippen LogP contribution in [0.25, 0.3) is 0 Å². The van der Waals surface area contributed by atoms with E-state index >= 15 is 0 Å². The summed E-state index contributed by atoms with van der Waals surface area (Å²) in [5.41, 5.74) is 0.151. The lowest BCUT2D eigenvalue weighted by Gasteiger charge is -2.24. The molecule has 0 bridgehead atoms. The number of hydrogen-bond acceptors (Lipinski definition) is 3. The smallest absolute Gasteiger partial charge is 0.337 e. The van der Waals surface area contributed by atoms with Crippen LogP contribution in [0.5, 0.6) is 0 Å². The first kappa shape index (κ1) is 14.8. The Bertz CT molecular complexity index is 608. The van der Waals surface area contributed by atoms with E-state index in [9.17, 15) is 14.4 Å². The largest absolute Gasteiger partial charge is 0.481 e. The molecule has 21 heavy (non-hydrogen) atoms. The Morgan fingerprint density at radius 1 is 1.00 bits per heavy atom. The number of rotatable bonds is 4. The topological polar surface area (TPSA) is 104 Å². The second kappa shape index (κ2) is 6.21. The Kier molecular flexibility index (Phi) is 4.37. The van der Waals surface area contributed by atoms with Gasteiger partial charge in [-0.25, -0.2) is 4.79 Å². The first-order valence-electron chi connectivity index (χ1n) is 6.51. The van der Waals surface area contributed by atoms with Gasteiger partial charge in [-0.15, -0.1) is 0 Å². The van der Waals surface area contributed by atoms with Gasteiger partial charge in [0.1, 0.15) is 0 Å². The summed E-state index contributed by atoms with van der Waals surface area (Å²) in [6.07, 6.45) is 4.15. The number of carbonyl (C=O) groups is 3. The van der Waals surface area contributed by atoms with Crippen molar-refractivity contribution in [3.05, 3.63) is 42.0 Å². The summed E-state index contributed by atoms with van der Waals surface area (Å²) in [6.45, 7) is 0. The molecule has 6 heteroatoms. The van der Waals surface area contributed by atoms with Crippen LogP contribution in [0.15, 0.2) is 36.4 Å². The van der Waals surface area contributed by atoms with Crippen molar-refractivity contribution in [3.8, 4) is 0 Å². The van der Waals surface area contributed by atoms with Gasteiger partial charge in [0, 0.05) is 0 Å². The van der Waals surface area contributed by atoms with E-state index in [1.165, 1.54) is 12.1 Å². The zero-order valence-electron chi connectivity index (χ0n) is 11.2. The van der Waals surface area contributed by atoms with Crippen molar-refractivity contribution >= 4 is 23.5 Å². The van der Waals surface area contributed by atoms with Gasteiger partial charge >= 0.3 is 11.9 Å². The zero-order valence-corrected chi connectivity index (χ0v) is 11.2. The fourth-order valence-corrected chi connectivity index (χ4v) is 2.38. The van der Waals surface area contributed by atoms with Crippen molar-refractivity contribution in [1.82, 2.24) is 0 Å². The summed E-state index contributed by atoms with van der Waals surface area (Å²) in [6, 6.07) is 6.03. The number of anilines is 1. The summed E-state index contributed by atoms with van der Waals surface area (Å²) >= 11 is 0. The first-order chi connectivity index (χ1) is 10.0. The molecule has 0 aromatic heterocycles. The minimum absolute atomic E-state index is 0.0240. The number of carbonyl (C=O) groups excluding carboxylic acids is 1. The molecule has 6 nitrogen and oxygen atoms in total. The lowest BCUT2D eigenvalue weighted by atomic mass is 9.82. The summed E-state index contributed by atoms with van der Waals surface area (Å²) in [4.78, 5) is 34.5. The molecule has 1 aromatic carbocycles. The van der Waals surface area contributed by atoms with Crippen LogP contribution in [0.3, 0.4) is 0 Å². The predicted molar refractivity (Wildman–Crippen MR) is 75.0 cm³/mol. The highest BCUT2D eigenvalue weighted by Gasteiger charge is 2.34. The van der Waals surface area contributed by atoms with Gasteiger partial charge in [0.2, 0.25) is 5.91 Å². The summed E-state index contributed by atoms with van der Waals surface area (Å²) in [7, 11) is 0. The molecule has 0 saturated carbocycles. The Hall–Kier alpha value is -2.63. The van der Waals surface area contributed by atoms with Crippen LogP contribution >= 0.6 is 0 Å². The van der Waals surface area contributed by atoms with Crippen LogP contribution in [0.1, 0.15) is 23.2 Å². The minimum Gasteiger partial charge on any atom is -0.481 e. The molecule has 2 atom stereocenters. The highest BCUT2D eigenvalue weighted by atomic mass is 16.4. The maximum Gasteiger partial charge on any atom is 0.337 e. The first-order valence-corrected chi connectivity index (χ1v) is 6.51. The molecule has 0 saturated heterocycles. The van der Waals surface area contributed by atoms with Crippen molar-refractivity contribution < 1.29 is 24.6 Å². The molecule has 1 aliphatic rings. The van der Waals surface area contributed by atoms with E-state index in [2.05, 4.69) is 5.32 Å². The van der Waals surface area contributed by atoms with E-state index in [0.29, 0.717) is 12.8 Å². The number of nitrogens with one attached hydrogen (secondary N) is 1. The van der Waals surface area contributed by atoms with Gasteiger partial charge in [-0.3, -0.25) is 9.59 Å². The molecule has 2 rings (SSSR count). The van der Waals surface area contributed by atoms with Gasteiger partial charge in [0.15, 0.2) is 0 Å². The number of aliphatic carboxylic acids is 1. The Morgan fingerprint density at radius 3 is 2.24 bits per heavy atom. The highest BCUT2D eigenvalue weighted by Crippen LogP contribution is 2.27. The molecule has 0 fully saturated rings. The van der Waals surface area contributed by atoms with Crippen LogP contribution in [0, 0.1) is 11.8 Å². The minimum atomic E-state index is -1.15. The van der Waals surface area contributed by atoms with E-state index in [1.54, 1.807) is 24.3 Å². The van der Waals surface area contributed by atoms with E-state index < -0.39 is 29.7 Å². The molecule has 0 heterocycles. The molecular formula is C15H15NO5. The predicted octanol–water partition coefficient (Wildman–Crippen LogP) is 1.99. The zero-order chi connectivity index (χ0) is 15.4. The number of aromatic carboxylic acids is 1. The van der Waals surface area contributed by atoms with Gasteiger partial charge in [-0.2, -0.15) is 0 Å². The molecule has 2 unspecified atom stereocenters. The molecule has 3 N–H and O–H groups in total. The number of benzene rings is 1. The van der Waals surface area contributed by atoms with Gasteiger partial charge < -0.3 is 15.5 Å². The molecule has 1 amide bonds. The van der Waals surface area contributed by atoms with Crippen LogP contribution < -0.4 is 5.32 Å². The highest BCUT2D eigenvalue weighted by molar-refractivity contribution is 6.02. The fraction of sp³-hybridized carbons (Fsp3) is 0.267. The van der Waals surface area contributed by atoms with E-state index in [-0.39, 0.29) is 11.3 Å². The molecule has 0 radical (unpaired) electrons. The molecule has 1 aliphatic carbocycles. The van der Waals surface area contributed by atoms with Crippen LogP contribution in [0.4, 0.5) is 5.69 Å². The standard InChI is InChI=1S/C15H15NO5/c17-13(9-5-1-2-6-10(9)14(18)19)16-12-8-4-3-7-11(12)15(20)21/h1-4,7-10H,5-6H2,(H,16,17)(H,18,19)(H,20,21). The van der Waals surface area contributed by atoms with E-state index in [0.717, 1.165) is 0 Å². The molecule has 110 valence electrons. The Morgan fingerprint density at radius 2 is 1.62 bits per heavy atom. The molecule has 0 spiro atoms. The molecule has 1 aromatic rings. The van der Waals surface area contributed by atoms with Crippen LogP contribution in [-0.2, 0) is 9.59 Å². The van der Waals surface area contributed by atoms with Gasteiger partial charge in [0.05, 0.1) is 23.1 Å². The summed E-state index contributed by atoms with van der Waals surface area (Å²) in [5.74, 6) is -4.13. The lowest BCUT2D eigenvalue weighted by Crippen LogP contribution is -2.35. The van der Waals surface area contributed by atoms with Crippen molar-refractivity contribution in [3.63, 3.8) is 0 Å². The van der Waals surface area contributed by atoms with Crippen molar-refractivity contribution in [2.24, 2.45) is 11.8 Å². The van der Waals surface area contributed by atoms with Crippen molar-refractivity contribution in [1.29, 1.82) is 0 Å². The third-order valence-corrected chi connectivity index (χ3v) is 3.50. The van der Waals surface area contributed by atoms with Gasteiger partial charge in [-0.05, 0) is 25.0 Å². The number of hydrogen-bond donors (Lipinski definition) is 3. The summed E-state index contributed by atoms with van der Waals surface area (Å²) < 4.78 is 0. The lowest BCUT2D eigenvalue weighted by molar-refractivity contribution is -0.146. The van der Waals surface area contributed by atoms with Gasteiger partial charge in [0.25, 0.3) is 0 Å². The van der Waals surface area contributed by atoms with Crippen LogP contribution in [-0.4, -0.2) is 28.1 Å². The SMILES string of the molecule is O=C(O)c1ccccc1NC(=O)C1CC=CCC1C(=O)O. The van der Waals surface area contributed by atoms with E-state index in [1.807, 2.05) is 0 Å². The Balaban J connectivity index is 2.20. The molecular weight excluding hydrogens is 274 g/mol. The number of amides is 1. The number of allylic oxidation sites excluding steroid dienone is 2. The summed E-state index contributed by atoms with van der Waals surface area (Å²) in [5, 5.41) is 20.8. The maximum atomic E-state index is 12.3. The molecule has 0 aliphatic heterocycles. The number of para-hydroxylation sites is 1. The van der Waals surface area contributed by atoms with Crippen LogP contribution in [0.2, 0.25) is 0 Å². The van der Waals surface area contributed by atoms with Gasteiger partial charge in [-0.1, -0.05) is 24.3 Å². The van der Waals surface area contributed by atoms with Crippen molar-refractivity contribution in [2.75, 3.05) is 5.32 Å². The van der Waals surface area contributed by atoms with E-state index in [4.69, 9.17) is 10.2 Å². The average molecular weight is 289 g/mol. The monoisotopic (exact) mass is 289 g/mol. The third-order valence-electron chi connectivity index (χ3n) is 3.50. The quantitative estimate of drug-likeness (QED) is 0.735. The fourth-order valence-electron chi connectivity index (χ4n) is 2.38. The van der Waals surface area contributed by atoms with Crippen molar-refractivity contribution in [2.45, 2.75) is 12.8 Å². The maximum absolute atomic E-state index is 12.3.